The number of fused-ring (bicyclic) bond motifs is 3. The van der Waals surface area contributed by atoms with Crippen molar-refractivity contribution in [1.29, 1.82) is 0 Å². The topological polar surface area (TPSA) is 65.8 Å². The number of ether oxygens (including phenoxy) is 3. The summed E-state index contributed by atoms with van der Waals surface area (Å²) in [6, 6.07) is 6.01. The number of likely N-dealkylation sites (tertiary alicyclic amines) is 1. The van der Waals surface area contributed by atoms with Crippen molar-refractivity contribution >= 4 is 46.9 Å². The van der Waals surface area contributed by atoms with Gasteiger partial charge in [-0.05, 0) is 43.1 Å². The molecule has 0 radical (unpaired) electrons. The molecule has 1 atom stereocenters. The number of aromatic nitrogens is 2. The lowest BCUT2D eigenvalue weighted by Crippen LogP contribution is -2.40. The molecular formula is C25H30B3N3O4S. The second kappa shape index (κ2) is 9.52. The van der Waals surface area contributed by atoms with Gasteiger partial charge in [-0.15, -0.1) is 0 Å². The zero-order valence-corrected chi connectivity index (χ0v) is 22.6. The molecule has 1 unspecified atom stereocenters. The van der Waals surface area contributed by atoms with Crippen LogP contribution < -0.4 is 9.47 Å². The van der Waals surface area contributed by atoms with Gasteiger partial charge in [-0.1, -0.05) is 11.6 Å². The Kier molecular flexibility index (Phi) is 6.55. The molecule has 1 amide bonds. The van der Waals surface area contributed by atoms with Crippen LogP contribution in [0.5, 0.6) is 11.5 Å². The average molecular weight is 501 g/mol. The molecule has 1 aromatic carbocycles. The molecule has 0 N–H and O–H groups in total. The van der Waals surface area contributed by atoms with Crippen LogP contribution in [0.2, 0.25) is 0 Å². The summed E-state index contributed by atoms with van der Waals surface area (Å²) in [5.74, 6) is 1.39. The van der Waals surface area contributed by atoms with E-state index in [2.05, 4.69) is 26.0 Å². The predicted octanol–water partition coefficient (Wildman–Crippen LogP) is 1.67. The van der Waals surface area contributed by atoms with E-state index in [1.54, 1.807) is 18.4 Å². The number of amides is 1. The first-order valence-electron chi connectivity index (χ1n) is 12.3. The summed E-state index contributed by atoms with van der Waals surface area (Å²) in [7, 11) is 7.80. The second-order valence-corrected chi connectivity index (χ2v) is 11.3. The highest BCUT2D eigenvalue weighted by Gasteiger charge is 2.36. The normalized spacial score (nSPS) is 16.8. The Hall–Kier alpha value is -2.91. The molecular weight excluding hydrogens is 471 g/mol. The van der Waals surface area contributed by atoms with Crippen LogP contribution in [-0.2, 0) is 11.3 Å². The molecule has 36 heavy (non-hydrogen) atoms. The number of thiophene rings is 1. The SMILES string of the molecule is BC(B)(B)OC1CCN(C(=O)c2nn(-c3ccsc3)c3c2COc2cc(OC)c(C=C(C)C)cc2-3)C1. The Morgan fingerprint density at radius 1 is 1.31 bits per heavy atom. The smallest absolute Gasteiger partial charge is 0.274 e. The zero-order valence-electron chi connectivity index (χ0n) is 21.8. The molecule has 2 aromatic heterocycles. The zero-order chi connectivity index (χ0) is 25.6. The Labute approximate surface area is 218 Å². The van der Waals surface area contributed by atoms with Crippen molar-refractivity contribution in [2.45, 2.75) is 38.3 Å². The van der Waals surface area contributed by atoms with Crippen molar-refractivity contribution in [2.75, 3.05) is 20.2 Å². The number of hydrogen-bond donors (Lipinski definition) is 0. The van der Waals surface area contributed by atoms with E-state index in [4.69, 9.17) is 19.3 Å². The van der Waals surface area contributed by atoms with Crippen LogP contribution in [0.3, 0.4) is 0 Å². The first kappa shape index (κ1) is 24.8. The summed E-state index contributed by atoms with van der Waals surface area (Å²) >= 11 is 1.60. The maximum Gasteiger partial charge on any atom is 0.274 e. The van der Waals surface area contributed by atoms with Gasteiger partial charge >= 0.3 is 0 Å². The van der Waals surface area contributed by atoms with Crippen molar-refractivity contribution in [3.63, 3.8) is 0 Å². The van der Waals surface area contributed by atoms with E-state index in [1.165, 1.54) is 0 Å². The van der Waals surface area contributed by atoms with E-state index in [-0.39, 0.29) is 23.9 Å². The van der Waals surface area contributed by atoms with Crippen molar-refractivity contribution in [3.8, 4) is 28.4 Å². The van der Waals surface area contributed by atoms with Gasteiger partial charge in [0.25, 0.3) is 5.91 Å². The van der Waals surface area contributed by atoms with E-state index < -0.39 is 0 Å². The number of carbonyl (C=O) groups is 1. The lowest BCUT2D eigenvalue weighted by Gasteiger charge is -2.25. The summed E-state index contributed by atoms with van der Waals surface area (Å²) in [6.45, 7) is 5.60. The number of allylic oxidation sites excluding steroid dienone is 1. The Morgan fingerprint density at radius 3 is 2.78 bits per heavy atom. The monoisotopic (exact) mass is 501 g/mol. The van der Waals surface area contributed by atoms with Gasteiger partial charge in [0, 0.05) is 41.2 Å². The van der Waals surface area contributed by atoms with Gasteiger partial charge in [-0.25, -0.2) is 4.68 Å². The quantitative estimate of drug-likeness (QED) is 0.482. The number of methoxy groups -OCH3 is 1. The Morgan fingerprint density at radius 2 is 2.11 bits per heavy atom. The fourth-order valence-corrected chi connectivity index (χ4v) is 5.51. The van der Waals surface area contributed by atoms with Gasteiger partial charge in [-0.3, -0.25) is 4.79 Å². The fraction of sp³-hybridized carbons (Fsp3) is 0.360. The molecule has 2 aliphatic heterocycles. The van der Waals surface area contributed by atoms with Crippen molar-refractivity contribution in [2.24, 2.45) is 0 Å². The minimum Gasteiger partial charge on any atom is -0.496 e. The van der Waals surface area contributed by atoms with E-state index >= 15 is 0 Å². The van der Waals surface area contributed by atoms with E-state index in [0.29, 0.717) is 18.8 Å². The number of hydrogen-bond acceptors (Lipinski definition) is 6. The van der Waals surface area contributed by atoms with Gasteiger partial charge < -0.3 is 19.1 Å². The average Bonchev–Trinajstić information content (AvgIpc) is 3.56. The molecule has 3 aromatic rings. The number of nitrogens with zero attached hydrogens (tertiary/aromatic N) is 3. The van der Waals surface area contributed by atoms with Crippen LogP contribution in [0.1, 0.15) is 41.9 Å². The standard InChI is InChI=1S/C25H30B3N3O4S/c1-14(2)8-15-9-18-21(10-20(15)33-3)34-12-19-22(29-31(23(18)19)16-5-7-36-13-16)24(32)30-6-4-17(11-30)35-25(26,27)28/h5,7-10,13,17H,4,6,11-12,26-28H2,1-3H3. The third kappa shape index (κ3) is 4.74. The number of benzene rings is 1. The van der Waals surface area contributed by atoms with Gasteiger partial charge in [-0.2, -0.15) is 16.4 Å². The molecule has 5 rings (SSSR count). The first-order chi connectivity index (χ1) is 17.1. The number of carbonyl (C=O) groups excluding carboxylic acids is 1. The third-order valence-corrected chi connectivity index (χ3v) is 6.96. The molecule has 0 saturated carbocycles. The Bertz CT molecular complexity index is 1330. The summed E-state index contributed by atoms with van der Waals surface area (Å²) in [5, 5.41) is 8.69. The summed E-state index contributed by atoms with van der Waals surface area (Å²) < 4.78 is 19.8. The maximum absolute atomic E-state index is 13.7. The van der Waals surface area contributed by atoms with Crippen LogP contribution in [0, 0.1) is 0 Å². The highest BCUT2D eigenvalue weighted by atomic mass is 32.1. The minimum absolute atomic E-state index is 0.0276. The van der Waals surface area contributed by atoms with Gasteiger partial charge in [0.2, 0.25) is 0 Å². The lowest BCUT2D eigenvalue weighted by molar-refractivity contribution is 0.0483. The maximum atomic E-state index is 13.7. The lowest BCUT2D eigenvalue weighted by atomic mass is 9.52. The highest BCUT2D eigenvalue weighted by Crippen LogP contribution is 2.44. The highest BCUT2D eigenvalue weighted by molar-refractivity contribution is 7.08. The van der Waals surface area contributed by atoms with Crippen LogP contribution >= 0.6 is 11.3 Å². The molecule has 0 aliphatic carbocycles. The molecule has 0 spiro atoms. The van der Waals surface area contributed by atoms with Crippen molar-refractivity contribution < 1.29 is 19.0 Å². The van der Waals surface area contributed by atoms with Gasteiger partial charge in [0.1, 0.15) is 41.6 Å². The van der Waals surface area contributed by atoms with Gasteiger partial charge in [0.05, 0.1) is 24.6 Å². The van der Waals surface area contributed by atoms with E-state index in [9.17, 15) is 4.79 Å². The van der Waals surface area contributed by atoms with Crippen molar-refractivity contribution in [1.82, 2.24) is 14.7 Å². The minimum atomic E-state index is -0.245. The summed E-state index contributed by atoms with van der Waals surface area (Å²) in [5.41, 5.74) is 6.10. The van der Waals surface area contributed by atoms with Crippen LogP contribution in [0.4, 0.5) is 0 Å². The van der Waals surface area contributed by atoms with E-state index in [1.807, 2.05) is 56.0 Å². The molecule has 11 heteroatoms. The summed E-state index contributed by atoms with van der Waals surface area (Å²) in [6.07, 6.45) is 2.94. The van der Waals surface area contributed by atoms with Crippen LogP contribution in [-0.4, -0.2) is 75.7 Å². The Balaban J connectivity index is 1.59. The number of rotatable bonds is 6. The molecule has 1 saturated heterocycles. The van der Waals surface area contributed by atoms with Gasteiger partial charge in [0.15, 0.2) is 5.69 Å². The second-order valence-electron chi connectivity index (χ2n) is 10.6. The molecule has 7 nitrogen and oxygen atoms in total. The summed E-state index contributed by atoms with van der Waals surface area (Å²) in [4.78, 5) is 15.6. The molecule has 2 aliphatic rings. The molecule has 184 valence electrons. The van der Waals surface area contributed by atoms with Crippen molar-refractivity contribution in [3.05, 3.63) is 51.4 Å². The van der Waals surface area contributed by atoms with E-state index in [0.717, 1.165) is 51.6 Å². The third-order valence-electron chi connectivity index (χ3n) is 6.29. The predicted molar refractivity (Wildman–Crippen MR) is 151 cm³/mol. The largest absolute Gasteiger partial charge is 0.496 e. The molecule has 0 bridgehead atoms. The molecule has 1 fully saturated rings. The molecule has 4 heterocycles. The first-order valence-corrected chi connectivity index (χ1v) is 13.2. The van der Waals surface area contributed by atoms with Crippen LogP contribution in [0.15, 0.2) is 34.5 Å². The van der Waals surface area contributed by atoms with Crippen LogP contribution in [0.25, 0.3) is 23.0 Å². The fourth-order valence-electron chi connectivity index (χ4n) is 4.89.